The van der Waals surface area contributed by atoms with Crippen LogP contribution in [0, 0.1) is 0 Å². The van der Waals surface area contributed by atoms with E-state index in [9.17, 15) is 8.78 Å². The number of aliphatic hydroxyl groups excluding tert-OH is 1. The van der Waals surface area contributed by atoms with Crippen LogP contribution in [0.5, 0.6) is 0 Å². The molecule has 0 aliphatic heterocycles. The van der Waals surface area contributed by atoms with Gasteiger partial charge in [-0.15, -0.1) is 0 Å². The van der Waals surface area contributed by atoms with E-state index in [1.165, 1.54) is 0 Å². The molecule has 0 rings (SSSR count). The lowest BCUT2D eigenvalue weighted by atomic mass is 11.1. The lowest BCUT2D eigenvalue weighted by Gasteiger charge is -1.66. The third-order valence-electron chi connectivity index (χ3n) is 0.0900. The van der Waals surface area contributed by atoms with Gasteiger partial charge in [-0.1, -0.05) is 0 Å². The summed E-state index contributed by atoms with van der Waals surface area (Å²) in [7, 11) is 0. The molecule has 0 aliphatic carbocycles. The van der Waals surface area contributed by atoms with E-state index >= 15 is 0 Å². The summed E-state index contributed by atoms with van der Waals surface area (Å²) in [6.45, 7) is 0. The molecule has 1 nitrogen and oxygen atoms in total. The third-order valence-corrected chi connectivity index (χ3v) is 0.0900. The summed E-state index contributed by atoms with van der Waals surface area (Å²) in [5.41, 5.74) is 0. The quantitative estimate of drug-likeness (QED) is 0.434. The Labute approximate surface area is 27.5 Å². The molecule has 0 heterocycles. The molecule has 0 fully saturated rings. The minimum atomic E-state index is -1.79. The molecule has 0 amide bonds. The van der Waals surface area contributed by atoms with Gasteiger partial charge in [-0.3, -0.25) is 0 Å². The van der Waals surface area contributed by atoms with Crippen LogP contribution in [0.3, 0.4) is 0 Å². The molecule has 1 N–H and O–H groups in total. The molecule has 0 saturated heterocycles. The summed E-state index contributed by atoms with van der Waals surface area (Å²) in [5.74, 6) is 0. The minimum absolute atomic E-state index is 0.528. The molecule has 0 spiro atoms. The Morgan fingerprint density at radius 2 is 2.00 bits per heavy atom. The van der Waals surface area contributed by atoms with E-state index in [1.807, 2.05) is 0 Å². The fraction of sp³-hybridized carbons (Fsp3) is 0. The topological polar surface area (TPSA) is 20.2 Å². The van der Waals surface area contributed by atoms with Gasteiger partial charge in [-0.2, -0.15) is 4.39 Å². The van der Waals surface area contributed by atoms with Crippen molar-refractivity contribution in [1.29, 1.82) is 0 Å². The summed E-state index contributed by atoms with van der Waals surface area (Å²) in [5, 5.41) is 7.18. The van der Waals surface area contributed by atoms with Gasteiger partial charge in [-0.25, -0.2) is 4.39 Å². The average molecular weight is 80.0 g/mol. The number of halogens is 2. The van der Waals surface area contributed by atoms with E-state index in [1.54, 1.807) is 0 Å². The van der Waals surface area contributed by atoms with Crippen molar-refractivity contribution in [3.63, 3.8) is 0 Å². The number of hydrogen-bond donors (Lipinski definition) is 1. The summed E-state index contributed by atoms with van der Waals surface area (Å²) in [4.78, 5) is 0. The first-order valence-corrected chi connectivity index (χ1v) is 0.919. The van der Waals surface area contributed by atoms with Gasteiger partial charge in [0.2, 0.25) is 0 Å². The van der Waals surface area contributed by atoms with Crippen molar-refractivity contribution in [1.82, 2.24) is 0 Å². The summed E-state index contributed by atoms with van der Waals surface area (Å²) < 4.78 is 20.8. The smallest absolute Gasteiger partial charge is 0.299 e. The van der Waals surface area contributed by atoms with Gasteiger partial charge in [0.15, 0.2) is 6.33 Å². The first-order chi connectivity index (χ1) is 2.27. The zero-order chi connectivity index (χ0) is 4.28. The summed E-state index contributed by atoms with van der Waals surface area (Å²) in [6, 6.07) is -1.79. The predicted molar refractivity (Wildman–Crippen MR) is 12.9 cm³/mol. The molecular formula is C2H2F2O. The molecule has 30 valence electrons. The van der Waals surface area contributed by atoms with Crippen LogP contribution in [0.2, 0.25) is 0 Å². The van der Waals surface area contributed by atoms with Crippen LogP contribution in [0.25, 0.3) is 0 Å². The molecule has 0 bridgehead atoms. The summed E-state index contributed by atoms with van der Waals surface area (Å²) in [6.07, 6.45) is -0.528. The van der Waals surface area contributed by atoms with E-state index in [-0.39, 0.29) is 0 Å². The van der Waals surface area contributed by atoms with E-state index in [4.69, 9.17) is 5.11 Å². The molecule has 0 aromatic rings. The maximum atomic E-state index is 10.5. The second-order valence-electron chi connectivity index (χ2n) is 0.432. The molecule has 0 aromatic carbocycles. The predicted octanol–water partition coefficient (Wildman–Crippen LogP) is 1.28. The third kappa shape index (κ3) is 3.40. The summed E-state index contributed by atoms with van der Waals surface area (Å²) >= 11 is 0. The standard InChI is InChI=1S/C2H2F2O/c3-1-2(4)5/h1,5H/b2-1-. The Bertz CT molecular complexity index is 45.6. The zero-order valence-corrected chi connectivity index (χ0v) is 2.28. The fourth-order valence-corrected chi connectivity index (χ4v) is 0. The lowest BCUT2D eigenvalue weighted by molar-refractivity contribution is 0.271. The van der Waals surface area contributed by atoms with Gasteiger partial charge in [0.1, 0.15) is 0 Å². The molecule has 3 heteroatoms. The van der Waals surface area contributed by atoms with Crippen molar-refractivity contribution in [3.05, 3.63) is 12.3 Å². The van der Waals surface area contributed by atoms with Crippen LogP contribution < -0.4 is 0 Å². The average Bonchev–Trinajstić information content (AvgIpc) is 1.38. The Hall–Kier alpha value is -0.600. The lowest BCUT2D eigenvalue weighted by Crippen LogP contribution is -1.55. The van der Waals surface area contributed by atoms with E-state index in [0.717, 1.165) is 0 Å². The maximum Gasteiger partial charge on any atom is 0.299 e. The van der Waals surface area contributed by atoms with Crippen molar-refractivity contribution in [3.8, 4) is 0 Å². The van der Waals surface area contributed by atoms with Gasteiger partial charge < -0.3 is 5.11 Å². The first kappa shape index (κ1) is 4.40. The van der Waals surface area contributed by atoms with E-state index in [0.29, 0.717) is 0 Å². The molecule has 0 aliphatic rings. The van der Waals surface area contributed by atoms with Crippen molar-refractivity contribution in [2.75, 3.05) is 0 Å². The van der Waals surface area contributed by atoms with Gasteiger partial charge >= 0.3 is 0 Å². The fourth-order valence-electron chi connectivity index (χ4n) is 0. The Morgan fingerprint density at radius 3 is 2.00 bits per heavy atom. The molecule has 0 aromatic heterocycles. The molecule has 0 saturated carbocycles. The highest BCUT2D eigenvalue weighted by atomic mass is 19.2. The van der Waals surface area contributed by atoms with E-state index < -0.39 is 12.3 Å². The van der Waals surface area contributed by atoms with Crippen LogP contribution in [0.1, 0.15) is 0 Å². The molecular weight excluding hydrogens is 78.0 g/mol. The van der Waals surface area contributed by atoms with Crippen molar-refractivity contribution in [2.24, 2.45) is 0 Å². The molecule has 0 atom stereocenters. The second-order valence-corrected chi connectivity index (χ2v) is 0.432. The molecule has 0 radical (unpaired) electrons. The van der Waals surface area contributed by atoms with Crippen LogP contribution >= 0.6 is 0 Å². The van der Waals surface area contributed by atoms with Crippen LogP contribution in [-0.2, 0) is 0 Å². The van der Waals surface area contributed by atoms with Crippen LogP contribution in [0.15, 0.2) is 12.3 Å². The van der Waals surface area contributed by atoms with Crippen molar-refractivity contribution in [2.45, 2.75) is 0 Å². The first-order valence-electron chi connectivity index (χ1n) is 0.919. The zero-order valence-electron chi connectivity index (χ0n) is 2.28. The van der Waals surface area contributed by atoms with Crippen molar-refractivity contribution >= 4 is 0 Å². The second kappa shape index (κ2) is 1.69. The monoisotopic (exact) mass is 80.0 g/mol. The largest absolute Gasteiger partial charge is 0.485 e. The number of hydrogen-bond acceptors (Lipinski definition) is 1. The Kier molecular flexibility index (Phi) is 1.49. The minimum Gasteiger partial charge on any atom is -0.485 e. The van der Waals surface area contributed by atoms with Gasteiger partial charge in [-0.05, 0) is 0 Å². The maximum absolute atomic E-state index is 10.5. The van der Waals surface area contributed by atoms with E-state index in [2.05, 4.69) is 0 Å². The Balaban J connectivity index is 3.14. The normalized spacial score (nSPS) is 12.0. The van der Waals surface area contributed by atoms with Gasteiger partial charge in [0.25, 0.3) is 6.01 Å². The van der Waals surface area contributed by atoms with Crippen LogP contribution in [0.4, 0.5) is 8.78 Å². The van der Waals surface area contributed by atoms with Gasteiger partial charge in [0, 0.05) is 0 Å². The highest BCUT2D eigenvalue weighted by Crippen LogP contribution is 1.84. The van der Waals surface area contributed by atoms with Crippen LogP contribution in [-0.4, -0.2) is 5.11 Å². The molecule has 5 heavy (non-hydrogen) atoms. The van der Waals surface area contributed by atoms with Gasteiger partial charge in [0.05, 0.1) is 0 Å². The highest BCUT2D eigenvalue weighted by Gasteiger charge is 1.74. The molecule has 0 unspecified atom stereocenters. The SMILES string of the molecule is O/C(F)=C\F. The van der Waals surface area contributed by atoms with Crippen molar-refractivity contribution < 1.29 is 13.9 Å². The highest BCUT2D eigenvalue weighted by molar-refractivity contribution is 4.65. The number of rotatable bonds is 0. The Morgan fingerprint density at radius 1 is 1.80 bits per heavy atom. The number of aliphatic hydroxyl groups is 1.